The van der Waals surface area contributed by atoms with Gasteiger partial charge in [0, 0.05) is 43.4 Å². The van der Waals surface area contributed by atoms with Gasteiger partial charge in [-0.3, -0.25) is 14.9 Å². The molecule has 3 aromatic rings. The highest BCUT2D eigenvalue weighted by molar-refractivity contribution is 6.31. The SMILES string of the molecule is CN(Cc1cc([N+](=O)[O-])ccc1Cl)C(=O)CCc1cnn(-c2ccccc2)c1. The van der Waals surface area contributed by atoms with Crippen LogP contribution in [0.4, 0.5) is 5.69 Å². The Bertz CT molecular complexity index is 988. The van der Waals surface area contributed by atoms with E-state index in [9.17, 15) is 14.9 Å². The van der Waals surface area contributed by atoms with Gasteiger partial charge in [-0.05, 0) is 35.7 Å². The van der Waals surface area contributed by atoms with Gasteiger partial charge in [0.1, 0.15) is 0 Å². The fourth-order valence-electron chi connectivity index (χ4n) is 2.79. The molecule has 0 radical (unpaired) electrons. The average molecular weight is 399 g/mol. The molecule has 0 aliphatic carbocycles. The zero-order chi connectivity index (χ0) is 20.1. The maximum atomic E-state index is 12.4. The standard InChI is InChI=1S/C20H19ClN4O3/c1-23(14-16-11-18(25(27)28)8-9-19(16)21)20(26)10-7-15-12-22-24(13-15)17-5-3-2-4-6-17/h2-6,8-9,11-13H,7,10,14H2,1H3. The van der Waals surface area contributed by atoms with Gasteiger partial charge in [0.15, 0.2) is 0 Å². The Morgan fingerprint density at radius 2 is 2.00 bits per heavy atom. The number of nitro benzene ring substituents is 1. The average Bonchev–Trinajstić information content (AvgIpc) is 3.17. The van der Waals surface area contributed by atoms with Crippen LogP contribution in [0.25, 0.3) is 5.69 Å². The molecular formula is C20H19ClN4O3. The third-order valence-electron chi connectivity index (χ3n) is 4.36. The van der Waals surface area contributed by atoms with Crippen molar-refractivity contribution in [1.82, 2.24) is 14.7 Å². The number of carbonyl (C=O) groups excluding carboxylic acids is 1. The summed E-state index contributed by atoms with van der Waals surface area (Å²) in [5.74, 6) is -0.0740. The lowest BCUT2D eigenvalue weighted by atomic mass is 10.1. The predicted octanol–water partition coefficient (Wildman–Crippen LogP) is 4.03. The minimum atomic E-state index is -0.480. The van der Waals surface area contributed by atoms with Gasteiger partial charge in [0.2, 0.25) is 5.91 Å². The number of benzene rings is 2. The topological polar surface area (TPSA) is 81.3 Å². The van der Waals surface area contributed by atoms with E-state index in [0.29, 0.717) is 23.4 Å². The predicted molar refractivity (Wildman–Crippen MR) is 106 cm³/mol. The third-order valence-corrected chi connectivity index (χ3v) is 4.73. The van der Waals surface area contributed by atoms with Gasteiger partial charge < -0.3 is 4.90 Å². The molecule has 0 saturated heterocycles. The maximum absolute atomic E-state index is 12.4. The van der Waals surface area contributed by atoms with Crippen LogP contribution in [0.2, 0.25) is 5.02 Å². The first-order valence-corrected chi connectivity index (χ1v) is 9.07. The minimum Gasteiger partial charge on any atom is -0.341 e. The third kappa shape index (κ3) is 4.75. The van der Waals surface area contributed by atoms with Crippen LogP contribution in [-0.4, -0.2) is 32.6 Å². The van der Waals surface area contributed by atoms with Crippen molar-refractivity contribution in [1.29, 1.82) is 0 Å². The van der Waals surface area contributed by atoms with E-state index in [0.717, 1.165) is 11.3 Å². The van der Waals surface area contributed by atoms with Crippen LogP contribution in [0.15, 0.2) is 60.9 Å². The number of rotatable bonds is 7. The molecule has 2 aromatic carbocycles. The summed E-state index contributed by atoms with van der Waals surface area (Å²) < 4.78 is 1.77. The van der Waals surface area contributed by atoms with E-state index < -0.39 is 4.92 Å². The number of aromatic nitrogens is 2. The van der Waals surface area contributed by atoms with E-state index in [2.05, 4.69) is 5.10 Å². The number of nitro groups is 1. The number of halogens is 1. The molecule has 1 heterocycles. The van der Waals surface area contributed by atoms with Crippen molar-refractivity contribution in [3.8, 4) is 5.69 Å². The minimum absolute atomic E-state index is 0.0476. The van der Waals surface area contributed by atoms with Crippen molar-refractivity contribution in [2.45, 2.75) is 19.4 Å². The quantitative estimate of drug-likeness (QED) is 0.444. The highest BCUT2D eigenvalue weighted by Crippen LogP contribution is 2.23. The van der Waals surface area contributed by atoms with Gasteiger partial charge in [0.25, 0.3) is 5.69 Å². The van der Waals surface area contributed by atoms with Gasteiger partial charge in [-0.15, -0.1) is 0 Å². The molecule has 144 valence electrons. The summed E-state index contributed by atoms with van der Waals surface area (Å²) in [6, 6.07) is 14.0. The highest BCUT2D eigenvalue weighted by Gasteiger charge is 2.15. The number of carbonyl (C=O) groups is 1. The molecule has 0 spiro atoms. The molecule has 3 rings (SSSR count). The molecule has 8 heteroatoms. The van der Waals surface area contributed by atoms with Crippen LogP contribution < -0.4 is 0 Å². The molecule has 0 aliphatic rings. The second kappa shape index (κ2) is 8.67. The molecule has 0 fully saturated rings. The summed E-state index contributed by atoms with van der Waals surface area (Å²) in [6.07, 6.45) is 4.51. The van der Waals surface area contributed by atoms with E-state index in [1.807, 2.05) is 36.5 Å². The molecular weight excluding hydrogens is 380 g/mol. The fraction of sp³-hybridized carbons (Fsp3) is 0.200. The first kappa shape index (κ1) is 19.6. The van der Waals surface area contributed by atoms with Crippen molar-refractivity contribution in [3.63, 3.8) is 0 Å². The smallest absolute Gasteiger partial charge is 0.269 e. The summed E-state index contributed by atoms with van der Waals surface area (Å²) in [4.78, 5) is 24.4. The summed E-state index contributed by atoms with van der Waals surface area (Å²) in [5.41, 5.74) is 2.41. The molecule has 7 nitrogen and oxygen atoms in total. The van der Waals surface area contributed by atoms with Crippen molar-refractivity contribution < 1.29 is 9.72 Å². The molecule has 28 heavy (non-hydrogen) atoms. The van der Waals surface area contributed by atoms with Crippen molar-refractivity contribution in [2.24, 2.45) is 0 Å². The van der Waals surface area contributed by atoms with Crippen LogP contribution >= 0.6 is 11.6 Å². The van der Waals surface area contributed by atoms with Gasteiger partial charge in [-0.2, -0.15) is 5.10 Å². The largest absolute Gasteiger partial charge is 0.341 e. The lowest BCUT2D eigenvalue weighted by Crippen LogP contribution is -2.26. The van der Waals surface area contributed by atoms with E-state index in [-0.39, 0.29) is 18.1 Å². The summed E-state index contributed by atoms with van der Waals surface area (Å²) >= 11 is 6.11. The first-order valence-electron chi connectivity index (χ1n) is 8.70. The molecule has 1 aromatic heterocycles. The molecule has 0 bridgehead atoms. The van der Waals surface area contributed by atoms with Crippen LogP contribution in [0.5, 0.6) is 0 Å². The Balaban J connectivity index is 1.59. The van der Waals surface area contributed by atoms with Gasteiger partial charge in [0.05, 0.1) is 16.8 Å². The number of hydrogen-bond donors (Lipinski definition) is 0. The zero-order valence-electron chi connectivity index (χ0n) is 15.3. The highest BCUT2D eigenvalue weighted by atomic mass is 35.5. The Labute approximate surface area is 167 Å². The molecule has 0 saturated carbocycles. The summed E-state index contributed by atoms with van der Waals surface area (Å²) in [7, 11) is 1.66. The van der Waals surface area contributed by atoms with Crippen molar-refractivity contribution in [2.75, 3.05) is 7.05 Å². The number of amides is 1. The Hall–Kier alpha value is -3.19. The number of hydrogen-bond acceptors (Lipinski definition) is 4. The van der Waals surface area contributed by atoms with E-state index in [1.54, 1.807) is 17.9 Å². The lowest BCUT2D eigenvalue weighted by molar-refractivity contribution is -0.384. The summed E-state index contributed by atoms with van der Waals surface area (Å²) in [5, 5.41) is 15.6. The number of para-hydroxylation sites is 1. The van der Waals surface area contributed by atoms with Crippen molar-refractivity contribution in [3.05, 3.63) is 87.2 Å². The second-order valence-corrected chi connectivity index (χ2v) is 6.82. The summed E-state index contributed by atoms with van der Waals surface area (Å²) in [6.45, 7) is 0.211. The fourth-order valence-corrected chi connectivity index (χ4v) is 2.97. The molecule has 0 aliphatic heterocycles. The second-order valence-electron chi connectivity index (χ2n) is 6.41. The van der Waals surface area contributed by atoms with E-state index in [4.69, 9.17) is 11.6 Å². The Morgan fingerprint density at radius 3 is 2.71 bits per heavy atom. The van der Waals surface area contributed by atoms with Gasteiger partial charge in [-0.25, -0.2) is 4.68 Å². The maximum Gasteiger partial charge on any atom is 0.269 e. The van der Waals surface area contributed by atoms with Crippen LogP contribution in [0, 0.1) is 10.1 Å². The number of non-ortho nitro benzene ring substituents is 1. The zero-order valence-corrected chi connectivity index (χ0v) is 16.0. The van der Waals surface area contributed by atoms with Crippen LogP contribution in [-0.2, 0) is 17.8 Å². The van der Waals surface area contributed by atoms with Crippen molar-refractivity contribution >= 4 is 23.2 Å². The van der Waals surface area contributed by atoms with E-state index >= 15 is 0 Å². The molecule has 0 N–H and O–H groups in total. The lowest BCUT2D eigenvalue weighted by Gasteiger charge is -2.17. The Morgan fingerprint density at radius 1 is 1.25 bits per heavy atom. The van der Waals surface area contributed by atoms with E-state index in [1.165, 1.54) is 23.1 Å². The van der Waals surface area contributed by atoms with Crippen LogP contribution in [0.3, 0.4) is 0 Å². The number of nitrogens with zero attached hydrogens (tertiary/aromatic N) is 4. The van der Waals surface area contributed by atoms with Gasteiger partial charge >= 0.3 is 0 Å². The van der Waals surface area contributed by atoms with Crippen LogP contribution in [0.1, 0.15) is 17.5 Å². The monoisotopic (exact) mass is 398 g/mol. The number of aryl methyl sites for hydroxylation is 1. The molecule has 0 atom stereocenters. The van der Waals surface area contributed by atoms with Gasteiger partial charge in [-0.1, -0.05) is 29.8 Å². The normalized spacial score (nSPS) is 10.6. The molecule has 1 amide bonds. The molecule has 0 unspecified atom stereocenters. The Kier molecular flexibility index (Phi) is 6.06. The first-order chi connectivity index (χ1) is 13.4.